The van der Waals surface area contributed by atoms with Crippen molar-refractivity contribution in [3.05, 3.63) is 35.4 Å². The largest absolute Gasteiger partial charge is 0.329 e. The van der Waals surface area contributed by atoms with Crippen molar-refractivity contribution in [2.75, 3.05) is 13.1 Å². The molecule has 16 heavy (non-hydrogen) atoms. The van der Waals surface area contributed by atoms with Crippen LogP contribution in [0.15, 0.2) is 24.3 Å². The van der Waals surface area contributed by atoms with Gasteiger partial charge >= 0.3 is 0 Å². The number of nitrogens with one attached hydrogen (secondary N) is 1. The van der Waals surface area contributed by atoms with Crippen LogP contribution in [0.3, 0.4) is 0 Å². The zero-order valence-electron chi connectivity index (χ0n) is 10.7. The van der Waals surface area contributed by atoms with Gasteiger partial charge in [0, 0.05) is 12.6 Å². The van der Waals surface area contributed by atoms with E-state index in [-0.39, 0.29) is 6.04 Å². The Hall–Kier alpha value is -0.860. The van der Waals surface area contributed by atoms with Crippen LogP contribution in [0.2, 0.25) is 0 Å². The van der Waals surface area contributed by atoms with Crippen LogP contribution in [0.5, 0.6) is 0 Å². The Kier molecular flexibility index (Phi) is 5.50. The summed E-state index contributed by atoms with van der Waals surface area (Å²) in [4.78, 5) is 0. The van der Waals surface area contributed by atoms with Crippen molar-refractivity contribution in [2.24, 2.45) is 11.7 Å². The molecule has 1 unspecified atom stereocenters. The second-order valence-electron chi connectivity index (χ2n) is 4.69. The first-order valence-corrected chi connectivity index (χ1v) is 6.19. The van der Waals surface area contributed by atoms with Crippen molar-refractivity contribution < 1.29 is 0 Å². The Balaban J connectivity index is 2.69. The fourth-order valence-corrected chi connectivity index (χ4v) is 1.94. The van der Waals surface area contributed by atoms with Crippen LogP contribution in [0.4, 0.5) is 0 Å². The second-order valence-corrected chi connectivity index (χ2v) is 4.69. The van der Waals surface area contributed by atoms with Crippen molar-refractivity contribution >= 4 is 0 Å². The van der Waals surface area contributed by atoms with Crippen molar-refractivity contribution in [2.45, 2.75) is 33.2 Å². The van der Waals surface area contributed by atoms with Crippen molar-refractivity contribution in [3.63, 3.8) is 0 Å². The SMILES string of the molecule is CCNC(CN)c1ccc(CC(C)C)cc1. The van der Waals surface area contributed by atoms with E-state index < -0.39 is 0 Å². The molecular weight excluding hydrogens is 196 g/mol. The fourth-order valence-electron chi connectivity index (χ4n) is 1.94. The molecule has 0 aromatic heterocycles. The molecule has 1 aromatic rings. The average Bonchev–Trinajstić information content (AvgIpc) is 2.26. The van der Waals surface area contributed by atoms with E-state index in [1.807, 2.05) is 0 Å². The Bertz CT molecular complexity index is 290. The highest BCUT2D eigenvalue weighted by Crippen LogP contribution is 2.15. The molecule has 0 bridgehead atoms. The Morgan fingerprint density at radius 1 is 1.19 bits per heavy atom. The zero-order chi connectivity index (χ0) is 12.0. The van der Waals surface area contributed by atoms with Gasteiger partial charge in [-0.25, -0.2) is 0 Å². The normalized spacial score (nSPS) is 13.1. The van der Waals surface area contributed by atoms with Crippen LogP contribution in [0, 0.1) is 5.92 Å². The summed E-state index contributed by atoms with van der Waals surface area (Å²) in [5.74, 6) is 0.713. The molecule has 90 valence electrons. The minimum absolute atomic E-state index is 0.290. The van der Waals surface area contributed by atoms with E-state index in [9.17, 15) is 0 Å². The van der Waals surface area contributed by atoms with Gasteiger partial charge in [-0.3, -0.25) is 0 Å². The lowest BCUT2D eigenvalue weighted by atomic mass is 9.99. The number of nitrogens with two attached hydrogens (primary N) is 1. The van der Waals surface area contributed by atoms with Gasteiger partial charge < -0.3 is 11.1 Å². The topological polar surface area (TPSA) is 38.0 Å². The monoisotopic (exact) mass is 220 g/mol. The predicted molar refractivity (Wildman–Crippen MR) is 70.5 cm³/mol. The van der Waals surface area contributed by atoms with Crippen LogP contribution in [-0.2, 0) is 6.42 Å². The molecule has 3 N–H and O–H groups in total. The summed E-state index contributed by atoms with van der Waals surface area (Å²) >= 11 is 0. The summed E-state index contributed by atoms with van der Waals surface area (Å²) in [5.41, 5.74) is 8.44. The van der Waals surface area contributed by atoms with Crippen LogP contribution in [0.25, 0.3) is 0 Å². The summed E-state index contributed by atoms with van der Waals surface area (Å²) in [6, 6.07) is 9.11. The number of benzene rings is 1. The van der Waals surface area contributed by atoms with E-state index in [0.717, 1.165) is 13.0 Å². The third-order valence-electron chi connectivity index (χ3n) is 2.71. The Morgan fingerprint density at radius 2 is 1.81 bits per heavy atom. The highest BCUT2D eigenvalue weighted by molar-refractivity contribution is 5.25. The maximum absolute atomic E-state index is 5.75. The van der Waals surface area contributed by atoms with Gasteiger partial charge in [-0.15, -0.1) is 0 Å². The maximum Gasteiger partial charge on any atom is 0.0444 e. The smallest absolute Gasteiger partial charge is 0.0444 e. The molecule has 0 spiro atoms. The lowest BCUT2D eigenvalue weighted by Gasteiger charge is -2.16. The third-order valence-corrected chi connectivity index (χ3v) is 2.71. The van der Waals surface area contributed by atoms with Crippen LogP contribution in [0.1, 0.15) is 37.9 Å². The molecule has 0 saturated carbocycles. The molecule has 0 aliphatic rings. The number of rotatable bonds is 6. The van der Waals surface area contributed by atoms with Gasteiger partial charge in [0.15, 0.2) is 0 Å². The number of hydrogen-bond donors (Lipinski definition) is 2. The highest BCUT2D eigenvalue weighted by Gasteiger charge is 2.07. The third kappa shape index (κ3) is 3.95. The second kappa shape index (κ2) is 6.66. The Morgan fingerprint density at radius 3 is 2.25 bits per heavy atom. The van der Waals surface area contributed by atoms with Crippen molar-refractivity contribution in [1.29, 1.82) is 0 Å². The summed E-state index contributed by atoms with van der Waals surface area (Å²) in [5, 5.41) is 3.38. The highest BCUT2D eigenvalue weighted by atomic mass is 14.9. The molecule has 0 radical (unpaired) electrons. The van der Waals surface area contributed by atoms with Crippen molar-refractivity contribution in [3.8, 4) is 0 Å². The maximum atomic E-state index is 5.75. The molecule has 0 aliphatic carbocycles. The van der Waals surface area contributed by atoms with E-state index in [4.69, 9.17) is 5.73 Å². The first kappa shape index (κ1) is 13.2. The molecule has 0 fully saturated rings. The standard InChI is InChI=1S/C14H24N2/c1-4-16-14(10-15)13-7-5-12(6-8-13)9-11(2)3/h5-8,11,14,16H,4,9-10,15H2,1-3H3. The number of likely N-dealkylation sites (N-methyl/N-ethyl adjacent to an activating group) is 1. The van der Waals surface area contributed by atoms with Gasteiger partial charge in [0.1, 0.15) is 0 Å². The zero-order valence-corrected chi connectivity index (χ0v) is 10.7. The van der Waals surface area contributed by atoms with E-state index in [2.05, 4.69) is 50.4 Å². The average molecular weight is 220 g/mol. The van der Waals surface area contributed by atoms with Gasteiger partial charge in [0.05, 0.1) is 0 Å². The van der Waals surface area contributed by atoms with Gasteiger partial charge in [0.2, 0.25) is 0 Å². The summed E-state index contributed by atoms with van der Waals surface area (Å²) in [7, 11) is 0. The molecule has 2 nitrogen and oxygen atoms in total. The summed E-state index contributed by atoms with van der Waals surface area (Å²) < 4.78 is 0. The quantitative estimate of drug-likeness (QED) is 0.773. The van der Waals surface area contributed by atoms with Gasteiger partial charge in [-0.2, -0.15) is 0 Å². The molecule has 0 amide bonds. The summed E-state index contributed by atoms with van der Waals surface area (Å²) in [6.07, 6.45) is 1.15. The van der Waals surface area contributed by atoms with E-state index in [0.29, 0.717) is 12.5 Å². The molecular formula is C14H24N2. The summed E-state index contributed by atoms with van der Waals surface area (Å²) in [6.45, 7) is 8.20. The van der Waals surface area contributed by atoms with Gasteiger partial charge in [-0.05, 0) is 30.0 Å². The van der Waals surface area contributed by atoms with Crippen LogP contribution >= 0.6 is 0 Å². The number of hydrogen-bond acceptors (Lipinski definition) is 2. The predicted octanol–water partition coefficient (Wildman–Crippen LogP) is 2.49. The van der Waals surface area contributed by atoms with Crippen molar-refractivity contribution in [1.82, 2.24) is 5.32 Å². The molecule has 0 aliphatic heterocycles. The van der Waals surface area contributed by atoms with E-state index in [1.54, 1.807) is 0 Å². The molecule has 1 rings (SSSR count). The lowest BCUT2D eigenvalue weighted by molar-refractivity contribution is 0.561. The first-order valence-electron chi connectivity index (χ1n) is 6.19. The van der Waals surface area contributed by atoms with E-state index in [1.165, 1.54) is 11.1 Å². The fraction of sp³-hybridized carbons (Fsp3) is 0.571. The molecule has 1 aromatic carbocycles. The molecule has 0 heterocycles. The molecule has 0 saturated heterocycles. The molecule has 1 atom stereocenters. The van der Waals surface area contributed by atoms with Crippen LogP contribution < -0.4 is 11.1 Å². The van der Waals surface area contributed by atoms with Crippen LogP contribution in [-0.4, -0.2) is 13.1 Å². The minimum atomic E-state index is 0.290. The minimum Gasteiger partial charge on any atom is -0.329 e. The lowest BCUT2D eigenvalue weighted by Crippen LogP contribution is -2.27. The van der Waals surface area contributed by atoms with Gasteiger partial charge in [0.25, 0.3) is 0 Å². The molecule has 2 heteroatoms. The first-order chi connectivity index (χ1) is 7.67. The van der Waals surface area contributed by atoms with Gasteiger partial charge in [-0.1, -0.05) is 45.0 Å². The Labute approximate surface area is 99.2 Å². The van der Waals surface area contributed by atoms with E-state index >= 15 is 0 Å².